The number of hydrogen-bond donors (Lipinski definition) is 1. The largest absolute Gasteiger partial charge is 0.356 e. The molecule has 2 rings (SSSR count). The highest BCUT2D eigenvalue weighted by molar-refractivity contribution is 9.10. The molecule has 1 aromatic heterocycles. The molecule has 5 heteroatoms. The second-order valence-corrected chi connectivity index (χ2v) is 4.94. The van der Waals surface area contributed by atoms with E-state index in [1.807, 2.05) is 11.6 Å². The first-order chi connectivity index (χ1) is 7.63. The molecule has 4 nitrogen and oxygen atoms in total. The number of aryl methyl sites for hydroxylation is 2. The minimum absolute atomic E-state index is 0.109. The third kappa shape index (κ3) is 2.00. The predicted octanol–water partition coefficient (Wildman–Crippen LogP) is 1.65. The fourth-order valence-corrected chi connectivity index (χ4v) is 2.58. The molecule has 0 aliphatic carbocycles. The Morgan fingerprint density at radius 2 is 2.38 bits per heavy atom. The lowest BCUT2D eigenvalue weighted by atomic mass is 10.0. The molecule has 0 spiro atoms. The second-order valence-electron chi connectivity index (χ2n) is 4.14. The first-order valence-electron chi connectivity index (χ1n) is 5.63. The van der Waals surface area contributed by atoms with Crippen molar-refractivity contribution in [2.75, 3.05) is 6.54 Å². The lowest BCUT2D eigenvalue weighted by molar-refractivity contribution is -0.122. The fraction of sp³-hybridized carbons (Fsp3) is 0.636. The first kappa shape index (κ1) is 11.6. The van der Waals surface area contributed by atoms with Gasteiger partial charge in [-0.3, -0.25) is 9.48 Å². The van der Waals surface area contributed by atoms with Crippen LogP contribution < -0.4 is 5.32 Å². The molecule has 88 valence electrons. The molecule has 1 aliphatic heterocycles. The number of aromatic nitrogens is 2. The van der Waals surface area contributed by atoms with Gasteiger partial charge in [0.2, 0.25) is 5.91 Å². The minimum Gasteiger partial charge on any atom is -0.356 e. The zero-order chi connectivity index (χ0) is 11.7. The standard InChI is InChI=1S/C11H16BrN3O/c1-3-15-9(10(12)7(2)14-15)6-8-4-5-13-11(8)16/h8H,3-6H2,1-2H3,(H,13,16). The first-order valence-corrected chi connectivity index (χ1v) is 6.42. The molecule has 1 aromatic rings. The van der Waals surface area contributed by atoms with Crippen LogP contribution in [-0.4, -0.2) is 22.2 Å². The Balaban J connectivity index is 2.23. The van der Waals surface area contributed by atoms with Crippen LogP contribution in [0.25, 0.3) is 0 Å². The highest BCUT2D eigenvalue weighted by atomic mass is 79.9. The van der Waals surface area contributed by atoms with E-state index >= 15 is 0 Å². The van der Waals surface area contributed by atoms with E-state index in [1.165, 1.54) is 0 Å². The summed E-state index contributed by atoms with van der Waals surface area (Å²) in [5.74, 6) is 0.283. The molecule has 1 amide bonds. The van der Waals surface area contributed by atoms with Gasteiger partial charge in [0.05, 0.1) is 15.9 Å². The summed E-state index contributed by atoms with van der Waals surface area (Å²) in [7, 11) is 0. The average molecular weight is 286 g/mol. The Morgan fingerprint density at radius 3 is 2.94 bits per heavy atom. The molecule has 0 radical (unpaired) electrons. The van der Waals surface area contributed by atoms with Crippen LogP contribution in [0.15, 0.2) is 4.47 Å². The van der Waals surface area contributed by atoms with Gasteiger partial charge in [-0.2, -0.15) is 5.10 Å². The van der Waals surface area contributed by atoms with Crippen LogP contribution in [0.3, 0.4) is 0 Å². The smallest absolute Gasteiger partial charge is 0.223 e. The number of carbonyl (C=O) groups is 1. The molecular weight excluding hydrogens is 270 g/mol. The van der Waals surface area contributed by atoms with E-state index < -0.39 is 0 Å². The van der Waals surface area contributed by atoms with Crippen LogP contribution in [0, 0.1) is 12.8 Å². The molecule has 1 unspecified atom stereocenters. The fourth-order valence-electron chi connectivity index (χ4n) is 2.14. The van der Waals surface area contributed by atoms with Crippen molar-refractivity contribution in [1.29, 1.82) is 0 Å². The molecular formula is C11H16BrN3O. The zero-order valence-electron chi connectivity index (χ0n) is 9.59. The molecule has 16 heavy (non-hydrogen) atoms. The number of nitrogens with zero attached hydrogens (tertiary/aromatic N) is 2. The lowest BCUT2D eigenvalue weighted by Gasteiger charge is -2.09. The highest BCUT2D eigenvalue weighted by Crippen LogP contribution is 2.25. The monoisotopic (exact) mass is 285 g/mol. The van der Waals surface area contributed by atoms with Crippen molar-refractivity contribution >= 4 is 21.8 Å². The van der Waals surface area contributed by atoms with E-state index in [1.54, 1.807) is 0 Å². The van der Waals surface area contributed by atoms with Gasteiger partial charge in [-0.15, -0.1) is 0 Å². The summed E-state index contributed by atoms with van der Waals surface area (Å²) >= 11 is 3.55. The summed E-state index contributed by atoms with van der Waals surface area (Å²) < 4.78 is 3.03. The quantitative estimate of drug-likeness (QED) is 0.918. The maximum atomic E-state index is 11.5. The van der Waals surface area contributed by atoms with Gasteiger partial charge in [0.15, 0.2) is 0 Å². The van der Waals surface area contributed by atoms with Crippen molar-refractivity contribution in [2.24, 2.45) is 5.92 Å². The van der Waals surface area contributed by atoms with Crippen molar-refractivity contribution in [3.8, 4) is 0 Å². The lowest BCUT2D eigenvalue weighted by Crippen LogP contribution is -2.21. The minimum atomic E-state index is 0.109. The predicted molar refractivity (Wildman–Crippen MR) is 65.2 cm³/mol. The third-order valence-corrected chi connectivity index (χ3v) is 4.09. The zero-order valence-corrected chi connectivity index (χ0v) is 11.2. The molecule has 1 atom stereocenters. The Kier molecular flexibility index (Phi) is 3.33. The van der Waals surface area contributed by atoms with E-state index in [0.717, 1.165) is 41.8 Å². The van der Waals surface area contributed by atoms with Crippen LogP contribution in [0.2, 0.25) is 0 Å². The van der Waals surface area contributed by atoms with Crippen LogP contribution in [-0.2, 0) is 17.8 Å². The van der Waals surface area contributed by atoms with Gasteiger partial charge in [-0.1, -0.05) is 0 Å². The van der Waals surface area contributed by atoms with Gasteiger partial charge >= 0.3 is 0 Å². The molecule has 1 aliphatic rings. The van der Waals surface area contributed by atoms with E-state index in [-0.39, 0.29) is 11.8 Å². The van der Waals surface area contributed by atoms with E-state index in [4.69, 9.17) is 0 Å². The van der Waals surface area contributed by atoms with Crippen LogP contribution in [0.5, 0.6) is 0 Å². The molecule has 1 saturated heterocycles. The summed E-state index contributed by atoms with van der Waals surface area (Å²) in [6.45, 7) is 5.70. The van der Waals surface area contributed by atoms with Crippen molar-refractivity contribution in [3.63, 3.8) is 0 Å². The molecule has 0 saturated carbocycles. The maximum Gasteiger partial charge on any atom is 0.223 e. The van der Waals surface area contributed by atoms with Crippen LogP contribution in [0.4, 0.5) is 0 Å². The number of hydrogen-bond acceptors (Lipinski definition) is 2. The number of nitrogens with one attached hydrogen (secondary N) is 1. The van der Waals surface area contributed by atoms with E-state index in [0.29, 0.717) is 0 Å². The van der Waals surface area contributed by atoms with Gasteiger partial charge in [0, 0.05) is 25.4 Å². The molecule has 1 fully saturated rings. The topological polar surface area (TPSA) is 46.9 Å². The molecule has 1 N–H and O–H groups in total. The number of amides is 1. The van der Waals surface area contributed by atoms with Gasteiger partial charge in [0.1, 0.15) is 0 Å². The average Bonchev–Trinajstić information content (AvgIpc) is 2.78. The molecule has 2 heterocycles. The van der Waals surface area contributed by atoms with Gasteiger partial charge in [0.25, 0.3) is 0 Å². The van der Waals surface area contributed by atoms with Gasteiger partial charge in [-0.05, 0) is 36.2 Å². The summed E-state index contributed by atoms with van der Waals surface area (Å²) in [6.07, 6.45) is 1.71. The van der Waals surface area contributed by atoms with Crippen molar-refractivity contribution < 1.29 is 4.79 Å². The van der Waals surface area contributed by atoms with Crippen molar-refractivity contribution in [2.45, 2.75) is 33.2 Å². The normalized spacial score (nSPS) is 20.2. The number of halogens is 1. The van der Waals surface area contributed by atoms with Gasteiger partial charge < -0.3 is 5.32 Å². The number of carbonyl (C=O) groups excluding carboxylic acids is 1. The highest BCUT2D eigenvalue weighted by Gasteiger charge is 2.27. The summed E-state index contributed by atoms with van der Waals surface area (Å²) in [5.41, 5.74) is 2.14. The Morgan fingerprint density at radius 1 is 1.62 bits per heavy atom. The Hall–Kier alpha value is -0.840. The SMILES string of the molecule is CCn1nc(C)c(Br)c1CC1CCNC1=O. The third-order valence-electron chi connectivity index (χ3n) is 3.06. The number of rotatable bonds is 3. The van der Waals surface area contributed by atoms with Crippen molar-refractivity contribution in [3.05, 3.63) is 15.9 Å². The molecule has 0 bridgehead atoms. The summed E-state index contributed by atoms with van der Waals surface area (Å²) in [6, 6.07) is 0. The maximum absolute atomic E-state index is 11.5. The summed E-state index contributed by atoms with van der Waals surface area (Å²) in [4.78, 5) is 11.5. The Bertz CT molecular complexity index is 414. The van der Waals surface area contributed by atoms with Crippen LogP contribution >= 0.6 is 15.9 Å². The Labute approximate surface area is 104 Å². The summed E-state index contributed by atoms with van der Waals surface area (Å²) in [5, 5.41) is 7.30. The second kappa shape index (κ2) is 4.57. The van der Waals surface area contributed by atoms with E-state index in [9.17, 15) is 4.79 Å². The van der Waals surface area contributed by atoms with Crippen molar-refractivity contribution in [1.82, 2.24) is 15.1 Å². The van der Waals surface area contributed by atoms with E-state index in [2.05, 4.69) is 33.3 Å². The molecule has 0 aromatic carbocycles. The van der Waals surface area contributed by atoms with Crippen LogP contribution in [0.1, 0.15) is 24.7 Å². The van der Waals surface area contributed by atoms with Gasteiger partial charge in [-0.25, -0.2) is 0 Å².